The van der Waals surface area contributed by atoms with E-state index in [9.17, 15) is 9.59 Å². The minimum Gasteiger partial charge on any atom is -0.476 e. The average Bonchev–Trinajstić information content (AvgIpc) is 2.68. The first-order valence-corrected chi connectivity index (χ1v) is 4.94. The van der Waals surface area contributed by atoms with Crippen LogP contribution in [0.15, 0.2) is 0 Å². The molecule has 0 bridgehead atoms. The predicted molar refractivity (Wildman–Crippen MR) is 56.5 cm³/mol. The number of hydrogen-bond donors (Lipinski definition) is 2. The first-order chi connectivity index (χ1) is 7.99. The summed E-state index contributed by atoms with van der Waals surface area (Å²) >= 11 is 0. The molecule has 0 spiro atoms. The van der Waals surface area contributed by atoms with Crippen molar-refractivity contribution in [3.05, 3.63) is 11.4 Å². The van der Waals surface area contributed by atoms with E-state index in [0.29, 0.717) is 18.7 Å². The van der Waals surface area contributed by atoms with Gasteiger partial charge in [-0.25, -0.2) is 9.48 Å². The third-order valence-corrected chi connectivity index (χ3v) is 2.32. The Kier molecular flexibility index (Phi) is 4.16. The van der Waals surface area contributed by atoms with Crippen LogP contribution >= 0.6 is 0 Å². The largest absolute Gasteiger partial charge is 0.476 e. The number of amides is 1. The maximum absolute atomic E-state index is 11.1. The molecule has 1 unspecified atom stereocenters. The van der Waals surface area contributed by atoms with E-state index in [1.807, 2.05) is 0 Å². The summed E-state index contributed by atoms with van der Waals surface area (Å²) in [5.74, 6) is -1.80. The number of nitrogens with zero attached hydrogens (tertiary/aromatic N) is 3. The van der Waals surface area contributed by atoms with E-state index in [-0.39, 0.29) is 5.69 Å². The number of ether oxygens (including phenoxy) is 1. The Morgan fingerprint density at radius 3 is 2.71 bits per heavy atom. The Bertz CT molecular complexity index is 429. The van der Waals surface area contributed by atoms with Crippen LogP contribution < -0.4 is 5.73 Å². The fraction of sp³-hybridized carbons (Fsp3) is 0.556. The third kappa shape index (κ3) is 2.78. The van der Waals surface area contributed by atoms with Gasteiger partial charge in [-0.2, -0.15) is 0 Å². The SMILES string of the molecule is COCCc1c(C(=O)O)nnn1C(C)C(N)=O. The second-order valence-corrected chi connectivity index (χ2v) is 3.46. The zero-order valence-corrected chi connectivity index (χ0v) is 9.58. The smallest absolute Gasteiger partial charge is 0.358 e. The number of hydrogen-bond acceptors (Lipinski definition) is 5. The number of methoxy groups -OCH3 is 1. The number of carboxylic acid groups (broad SMARTS) is 1. The van der Waals surface area contributed by atoms with Crippen LogP contribution in [0.25, 0.3) is 0 Å². The summed E-state index contributed by atoms with van der Waals surface area (Å²) in [6.45, 7) is 1.83. The minimum atomic E-state index is -1.20. The van der Waals surface area contributed by atoms with Gasteiger partial charge in [-0.1, -0.05) is 5.21 Å². The van der Waals surface area contributed by atoms with E-state index >= 15 is 0 Å². The molecule has 1 aromatic heterocycles. The van der Waals surface area contributed by atoms with Crippen LogP contribution in [0.2, 0.25) is 0 Å². The zero-order valence-electron chi connectivity index (χ0n) is 9.58. The second kappa shape index (κ2) is 5.39. The number of carbonyl (C=O) groups is 2. The minimum absolute atomic E-state index is 0.185. The van der Waals surface area contributed by atoms with Crippen LogP contribution in [0.1, 0.15) is 29.1 Å². The number of aromatic nitrogens is 3. The molecule has 0 saturated carbocycles. The number of primary amides is 1. The number of carboxylic acids is 1. The number of nitrogens with two attached hydrogens (primary N) is 1. The van der Waals surface area contributed by atoms with Gasteiger partial charge in [0, 0.05) is 13.5 Å². The molecule has 8 heteroatoms. The molecule has 0 aliphatic rings. The summed E-state index contributed by atoms with van der Waals surface area (Å²) in [5, 5.41) is 16.1. The van der Waals surface area contributed by atoms with Crippen molar-refractivity contribution in [2.45, 2.75) is 19.4 Å². The molecule has 0 aromatic carbocycles. The normalized spacial score (nSPS) is 12.4. The van der Waals surface area contributed by atoms with E-state index in [1.54, 1.807) is 0 Å². The van der Waals surface area contributed by atoms with Crippen molar-refractivity contribution in [2.24, 2.45) is 5.73 Å². The molecule has 94 valence electrons. The molecule has 0 fully saturated rings. The fourth-order valence-electron chi connectivity index (χ4n) is 1.34. The van der Waals surface area contributed by atoms with Crippen LogP contribution in [0, 0.1) is 0 Å². The van der Waals surface area contributed by atoms with Crippen molar-refractivity contribution < 1.29 is 19.4 Å². The van der Waals surface area contributed by atoms with E-state index in [0.717, 1.165) is 0 Å². The topological polar surface area (TPSA) is 120 Å². The van der Waals surface area contributed by atoms with Crippen LogP contribution in [0.4, 0.5) is 0 Å². The Balaban J connectivity index is 3.12. The van der Waals surface area contributed by atoms with E-state index in [2.05, 4.69) is 10.3 Å². The van der Waals surface area contributed by atoms with Crippen molar-refractivity contribution >= 4 is 11.9 Å². The van der Waals surface area contributed by atoms with Crippen molar-refractivity contribution in [2.75, 3.05) is 13.7 Å². The molecular weight excluding hydrogens is 228 g/mol. The summed E-state index contributed by atoms with van der Waals surface area (Å²) in [6.07, 6.45) is 0.294. The summed E-state index contributed by atoms with van der Waals surface area (Å²) in [5.41, 5.74) is 5.28. The number of rotatable bonds is 6. The van der Waals surface area contributed by atoms with Gasteiger partial charge >= 0.3 is 5.97 Å². The lowest BCUT2D eigenvalue weighted by Crippen LogP contribution is -2.26. The van der Waals surface area contributed by atoms with Crippen LogP contribution in [-0.2, 0) is 16.0 Å². The molecule has 0 aliphatic heterocycles. The van der Waals surface area contributed by atoms with Gasteiger partial charge in [-0.05, 0) is 6.92 Å². The van der Waals surface area contributed by atoms with E-state index < -0.39 is 17.9 Å². The lowest BCUT2D eigenvalue weighted by molar-refractivity contribution is -0.121. The van der Waals surface area contributed by atoms with Gasteiger partial charge in [0.15, 0.2) is 5.69 Å². The average molecular weight is 242 g/mol. The molecule has 1 atom stereocenters. The van der Waals surface area contributed by atoms with Crippen LogP contribution in [-0.4, -0.2) is 45.7 Å². The highest BCUT2D eigenvalue weighted by atomic mass is 16.5. The molecule has 1 aromatic rings. The molecule has 0 radical (unpaired) electrons. The Hall–Kier alpha value is -1.96. The Morgan fingerprint density at radius 1 is 1.59 bits per heavy atom. The summed E-state index contributed by atoms with van der Waals surface area (Å²) in [6, 6.07) is -0.748. The van der Waals surface area contributed by atoms with Crippen molar-refractivity contribution in [1.82, 2.24) is 15.0 Å². The number of aromatic carboxylic acids is 1. The molecule has 0 saturated heterocycles. The third-order valence-electron chi connectivity index (χ3n) is 2.32. The van der Waals surface area contributed by atoms with Crippen LogP contribution in [0.5, 0.6) is 0 Å². The first-order valence-electron chi connectivity index (χ1n) is 4.94. The molecule has 17 heavy (non-hydrogen) atoms. The highest BCUT2D eigenvalue weighted by Gasteiger charge is 2.23. The highest BCUT2D eigenvalue weighted by molar-refractivity contribution is 5.86. The predicted octanol–water partition coefficient (Wildman–Crippen LogP) is -0.788. The van der Waals surface area contributed by atoms with E-state index in [4.69, 9.17) is 15.6 Å². The maximum atomic E-state index is 11.1. The van der Waals surface area contributed by atoms with Crippen molar-refractivity contribution in [1.29, 1.82) is 0 Å². The standard InChI is InChI=1S/C9H14N4O4/c1-5(8(10)14)13-6(3-4-17-2)7(9(15)16)11-12-13/h5H,3-4H2,1-2H3,(H2,10,14)(H,15,16). The molecular formula is C9H14N4O4. The molecule has 1 amide bonds. The molecule has 1 heterocycles. The highest BCUT2D eigenvalue weighted by Crippen LogP contribution is 2.13. The summed E-state index contributed by atoms with van der Waals surface area (Å²) < 4.78 is 6.08. The zero-order chi connectivity index (χ0) is 13.0. The second-order valence-electron chi connectivity index (χ2n) is 3.46. The lowest BCUT2D eigenvalue weighted by atomic mass is 10.2. The lowest BCUT2D eigenvalue weighted by Gasteiger charge is -2.11. The monoisotopic (exact) mass is 242 g/mol. The van der Waals surface area contributed by atoms with Crippen molar-refractivity contribution in [3.63, 3.8) is 0 Å². The number of carbonyl (C=O) groups excluding carboxylic acids is 1. The van der Waals surface area contributed by atoms with Crippen LogP contribution in [0.3, 0.4) is 0 Å². The quantitative estimate of drug-likeness (QED) is 0.674. The molecule has 8 nitrogen and oxygen atoms in total. The van der Waals surface area contributed by atoms with Gasteiger partial charge in [0.1, 0.15) is 6.04 Å². The fourth-order valence-corrected chi connectivity index (χ4v) is 1.34. The van der Waals surface area contributed by atoms with Gasteiger partial charge in [-0.3, -0.25) is 4.79 Å². The van der Waals surface area contributed by atoms with Gasteiger partial charge in [0.05, 0.1) is 12.3 Å². The summed E-state index contributed by atoms with van der Waals surface area (Å²) in [7, 11) is 1.49. The van der Waals surface area contributed by atoms with Gasteiger partial charge in [0.2, 0.25) is 5.91 Å². The molecule has 1 rings (SSSR count). The maximum Gasteiger partial charge on any atom is 0.358 e. The van der Waals surface area contributed by atoms with Gasteiger partial charge < -0.3 is 15.6 Å². The first kappa shape index (κ1) is 13.1. The van der Waals surface area contributed by atoms with Gasteiger partial charge in [-0.15, -0.1) is 5.10 Å². The molecule has 0 aliphatic carbocycles. The summed E-state index contributed by atoms with van der Waals surface area (Å²) in [4.78, 5) is 22.0. The Morgan fingerprint density at radius 2 is 2.24 bits per heavy atom. The van der Waals surface area contributed by atoms with Crippen molar-refractivity contribution in [3.8, 4) is 0 Å². The van der Waals surface area contributed by atoms with E-state index in [1.165, 1.54) is 18.7 Å². The Labute approximate surface area is 97.4 Å². The van der Waals surface area contributed by atoms with Gasteiger partial charge in [0.25, 0.3) is 0 Å². The molecule has 3 N–H and O–H groups in total.